The Morgan fingerprint density at radius 1 is 1.19 bits per heavy atom. The first-order valence-corrected chi connectivity index (χ1v) is 6.84. The van der Waals surface area contributed by atoms with E-state index in [0.717, 1.165) is 10.8 Å². The Kier molecular flexibility index (Phi) is 2.74. The lowest BCUT2D eigenvalue weighted by Crippen LogP contribution is -1.96. The molecule has 0 nitrogen and oxygen atoms in total. The number of hydrogen-bond acceptors (Lipinski definition) is 1. The second-order valence-electron chi connectivity index (χ2n) is 4.34. The molecular formula is C14H13ClS. The Bertz CT molecular complexity index is 501. The monoisotopic (exact) mass is 248 g/mol. The van der Waals surface area contributed by atoms with Crippen molar-refractivity contribution < 1.29 is 0 Å². The minimum atomic E-state index is 0.700. The zero-order valence-corrected chi connectivity index (χ0v) is 10.5. The third-order valence-electron chi connectivity index (χ3n) is 3.33. The summed E-state index contributed by atoms with van der Waals surface area (Å²) in [6, 6.07) is 13.0. The number of fused-ring (bicyclic) bond motifs is 1. The molecule has 0 saturated carbocycles. The molecule has 0 radical (unpaired) electrons. The SMILES string of the molecule is Clc1ccc(CC2CCc3ccccc32)s1. The van der Waals surface area contributed by atoms with Gasteiger partial charge in [-0.15, -0.1) is 11.3 Å². The standard InChI is InChI=1S/C14H13ClS/c15-14-8-7-12(16-14)9-11-6-5-10-3-1-2-4-13(10)11/h1-4,7-8,11H,5-6,9H2. The van der Waals surface area contributed by atoms with Crippen LogP contribution in [0.25, 0.3) is 0 Å². The average molecular weight is 249 g/mol. The first-order valence-electron chi connectivity index (χ1n) is 5.65. The second kappa shape index (κ2) is 4.23. The second-order valence-corrected chi connectivity index (χ2v) is 6.14. The van der Waals surface area contributed by atoms with Crippen molar-refractivity contribution in [3.8, 4) is 0 Å². The summed E-state index contributed by atoms with van der Waals surface area (Å²) >= 11 is 7.68. The van der Waals surface area contributed by atoms with Gasteiger partial charge in [-0.1, -0.05) is 35.9 Å². The maximum Gasteiger partial charge on any atom is 0.0931 e. The highest BCUT2D eigenvalue weighted by Gasteiger charge is 2.22. The number of thiophene rings is 1. The molecular weight excluding hydrogens is 236 g/mol. The van der Waals surface area contributed by atoms with E-state index in [9.17, 15) is 0 Å². The third-order valence-corrected chi connectivity index (χ3v) is 4.59. The lowest BCUT2D eigenvalue weighted by Gasteiger charge is -2.09. The van der Waals surface area contributed by atoms with E-state index in [0.29, 0.717) is 5.92 Å². The van der Waals surface area contributed by atoms with Gasteiger partial charge in [0.15, 0.2) is 0 Å². The number of benzene rings is 1. The summed E-state index contributed by atoms with van der Waals surface area (Å²) in [7, 11) is 0. The molecule has 0 aliphatic heterocycles. The fourth-order valence-corrected chi connectivity index (χ4v) is 3.73. The van der Waals surface area contributed by atoms with Gasteiger partial charge in [-0.3, -0.25) is 0 Å². The number of hydrogen-bond donors (Lipinski definition) is 0. The quantitative estimate of drug-likeness (QED) is 0.724. The lowest BCUT2D eigenvalue weighted by atomic mass is 9.97. The molecule has 1 aliphatic carbocycles. The minimum Gasteiger partial charge on any atom is -0.128 e. The predicted molar refractivity (Wildman–Crippen MR) is 70.5 cm³/mol. The maximum absolute atomic E-state index is 5.96. The van der Waals surface area contributed by atoms with Gasteiger partial charge in [-0.25, -0.2) is 0 Å². The van der Waals surface area contributed by atoms with Crippen LogP contribution in [0.4, 0.5) is 0 Å². The summed E-state index contributed by atoms with van der Waals surface area (Å²) < 4.78 is 0.904. The van der Waals surface area contributed by atoms with Crippen LogP contribution >= 0.6 is 22.9 Å². The van der Waals surface area contributed by atoms with Crippen LogP contribution in [0, 0.1) is 0 Å². The zero-order chi connectivity index (χ0) is 11.0. The van der Waals surface area contributed by atoms with Gasteiger partial charge >= 0.3 is 0 Å². The van der Waals surface area contributed by atoms with Gasteiger partial charge in [-0.2, -0.15) is 0 Å². The summed E-state index contributed by atoms with van der Waals surface area (Å²) in [4.78, 5) is 1.41. The number of aryl methyl sites for hydroxylation is 1. The van der Waals surface area contributed by atoms with Crippen molar-refractivity contribution in [3.63, 3.8) is 0 Å². The highest BCUT2D eigenvalue weighted by Crippen LogP contribution is 2.37. The molecule has 1 atom stereocenters. The number of rotatable bonds is 2. The molecule has 1 aromatic heterocycles. The Hall–Kier alpha value is -0.790. The minimum absolute atomic E-state index is 0.700. The summed E-state index contributed by atoms with van der Waals surface area (Å²) in [6.07, 6.45) is 3.67. The van der Waals surface area contributed by atoms with Crippen LogP contribution in [0.3, 0.4) is 0 Å². The molecule has 2 aromatic rings. The van der Waals surface area contributed by atoms with Crippen LogP contribution in [-0.4, -0.2) is 0 Å². The van der Waals surface area contributed by atoms with E-state index < -0.39 is 0 Å². The highest BCUT2D eigenvalue weighted by atomic mass is 35.5. The van der Waals surface area contributed by atoms with Crippen molar-refractivity contribution in [2.24, 2.45) is 0 Å². The molecule has 0 amide bonds. The average Bonchev–Trinajstić information content (AvgIpc) is 2.87. The molecule has 1 aliphatic rings. The van der Waals surface area contributed by atoms with Crippen LogP contribution in [-0.2, 0) is 12.8 Å². The van der Waals surface area contributed by atoms with Gasteiger partial charge in [0, 0.05) is 4.88 Å². The van der Waals surface area contributed by atoms with Crippen LogP contribution in [0.5, 0.6) is 0 Å². The Labute approximate surface area is 105 Å². The smallest absolute Gasteiger partial charge is 0.0931 e. The van der Waals surface area contributed by atoms with Crippen molar-refractivity contribution in [2.45, 2.75) is 25.2 Å². The molecule has 0 saturated heterocycles. The van der Waals surface area contributed by atoms with Gasteiger partial charge < -0.3 is 0 Å². The fraction of sp³-hybridized carbons (Fsp3) is 0.286. The largest absolute Gasteiger partial charge is 0.128 e. The molecule has 1 unspecified atom stereocenters. The molecule has 0 bridgehead atoms. The zero-order valence-electron chi connectivity index (χ0n) is 8.95. The topological polar surface area (TPSA) is 0 Å². The van der Waals surface area contributed by atoms with E-state index in [1.165, 1.54) is 23.3 Å². The van der Waals surface area contributed by atoms with Crippen molar-refractivity contribution in [1.29, 1.82) is 0 Å². The first-order chi connectivity index (χ1) is 7.83. The highest BCUT2D eigenvalue weighted by molar-refractivity contribution is 7.16. The molecule has 0 spiro atoms. The van der Waals surface area contributed by atoms with Gasteiger partial charge in [0.1, 0.15) is 0 Å². The van der Waals surface area contributed by atoms with Crippen LogP contribution in [0.2, 0.25) is 4.34 Å². The third kappa shape index (κ3) is 1.90. The summed E-state index contributed by atoms with van der Waals surface area (Å²) in [6.45, 7) is 0. The van der Waals surface area contributed by atoms with Gasteiger partial charge in [-0.05, 0) is 48.4 Å². The molecule has 0 fully saturated rings. The van der Waals surface area contributed by atoms with Crippen molar-refractivity contribution in [2.75, 3.05) is 0 Å². The maximum atomic E-state index is 5.96. The van der Waals surface area contributed by atoms with Gasteiger partial charge in [0.25, 0.3) is 0 Å². The summed E-state index contributed by atoms with van der Waals surface area (Å²) in [5, 5.41) is 0. The first kappa shape index (κ1) is 10.4. The van der Waals surface area contributed by atoms with Crippen LogP contribution in [0.15, 0.2) is 36.4 Å². The van der Waals surface area contributed by atoms with Crippen LogP contribution < -0.4 is 0 Å². The normalized spacial score (nSPS) is 18.7. The van der Waals surface area contributed by atoms with E-state index in [2.05, 4.69) is 30.3 Å². The van der Waals surface area contributed by atoms with E-state index in [-0.39, 0.29) is 0 Å². The Morgan fingerprint density at radius 3 is 2.88 bits per heavy atom. The molecule has 0 N–H and O–H groups in total. The molecule has 82 valence electrons. The fourth-order valence-electron chi connectivity index (χ4n) is 2.56. The van der Waals surface area contributed by atoms with Crippen molar-refractivity contribution >= 4 is 22.9 Å². The van der Waals surface area contributed by atoms with Gasteiger partial charge in [0.05, 0.1) is 4.34 Å². The molecule has 1 heterocycles. The predicted octanol–water partition coefficient (Wildman–Crippen LogP) is 4.67. The van der Waals surface area contributed by atoms with Gasteiger partial charge in [0.2, 0.25) is 0 Å². The Balaban J connectivity index is 1.83. The number of halogens is 1. The molecule has 2 heteroatoms. The van der Waals surface area contributed by atoms with Crippen LogP contribution in [0.1, 0.15) is 28.3 Å². The Morgan fingerprint density at radius 2 is 2.06 bits per heavy atom. The van der Waals surface area contributed by atoms with Crippen molar-refractivity contribution in [1.82, 2.24) is 0 Å². The van der Waals surface area contributed by atoms with E-state index in [1.54, 1.807) is 16.9 Å². The van der Waals surface area contributed by atoms with E-state index in [4.69, 9.17) is 11.6 Å². The lowest BCUT2D eigenvalue weighted by molar-refractivity contribution is 0.681. The van der Waals surface area contributed by atoms with E-state index in [1.807, 2.05) is 6.07 Å². The molecule has 3 rings (SSSR count). The summed E-state index contributed by atoms with van der Waals surface area (Å²) in [5.74, 6) is 0.700. The van der Waals surface area contributed by atoms with Crippen molar-refractivity contribution in [3.05, 3.63) is 56.7 Å². The molecule has 16 heavy (non-hydrogen) atoms. The molecule has 1 aromatic carbocycles. The van der Waals surface area contributed by atoms with E-state index >= 15 is 0 Å². The summed E-state index contributed by atoms with van der Waals surface area (Å²) in [5.41, 5.74) is 3.09.